The zero-order valence-corrected chi connectivity index (χ0v) is 15.8. The maximum atomic E-state index is 8.85. The van der Waals surface area contributed by atoms with Gasteiger partial charge in [0, 0.05) is 24.8 Å². The lowest BCUT2D eigenvalue weighted by molar-refractivity contribution is 0.306. The van der Waals surface area contributed by atoms with E-state index in [0.717, 1.165) is 22.7 Å². The molecule has 136 valence electrons. The number of anilines is 2. The van der Waals surface area contributed by atoms with Crippen LogP contribution in [0.1, 0.15) is 30.4 Å². The third-order valence-corrected chi connectivity index (χ3v) is 4.72. The summed E-state index contributed by atoms with van der Waals surface area (Å²) in [6, 6.07) is 28.9. The number of nitriles is 1. The summed E-state index contributed by atoms with van der Waals surface area (Å²) < 4.78 is 5.85. The molecule has 0 amide bonds. The molecule has 0 N–H and O–H groups in total. The van der Waals surface area contributed by atoms with E-state index in [2.05, 4.69) is 66.4 Å². The lowest BCUT2D eigenvalue weighted by Crippen LogP contribution is -2.09. The van der Waals surface area contributed by atoms with E-state index in [1.807, 2.05) is 37.4 Å². The summed E-state index contributed by atoms with van der Waals surface area (Å²) in [5, 5.41) is 8.85. The molecule has 3 aromatic rings. The highest BCUT2D eigenvalue weighted by Gasteiger charge is 2.08. The molecule has 0 aromatic heterocycles. The van der Waals surface area contributed by atoms with Gasteiger partial charge < -0.3 is 9.64 Å². The minimum Gasteiger partial charge on any atom is -0.489 e. The van der Waals surface area contributed by atoms with Crippen LogP contribution in [0.4, 0.5) is 11.4 Å². The van der Waals surface area contributed by atoms with Crippen LogP contribution in [0.5, 0.6) is 5.75 Å². The maximum absolute atomic E-state index is 8.85. The Morgan fingerprint density at radius 1 is 0.889 bits per heavy atom. The number of ether oxygens (including phenoxy) is 1. The van der Waals surface area contributed by atoms with E-state index in [9.17, 15) is 0 Å². The van der Waals surface area contributed by atoms with Gasteiger partial charge in [0.15, 0.2) is 0 Å². The Kier molecular flexibility index (Phi) is 6.12. The fraction of sp³-hybridized carbons (Fsp3) is 0.208. The fourth-order valence-corrected chi connectivity index (χ4v) is 2.94. The zero-order chi connectivity index (χ0) is 19.1. The van der Waals surface area contributed by atoms with Gasteiger partial charge in [0.2, 0.25) is 0 Å². The SMILES string of the molecule is CC(CC#N)c1ccc(N(C)c2ccc(OCc3ccccc3)cc2)cc1. The van der Waals surface area contributed by atoms with Crippen LogP contribution in [-0.4, -0.2) is 7.05 Å². The average Bonchev–Trinajstić information content (AvgIpc) is 2.73. The summed E-state index contributed by atoms with van der Waals surface area (Å²) in [6.45, 7) is 2.65. The molecule has 3 heteroatoms. The van der Waals surface area contributed by atoms with Gasteiger partial charge in [-0.3, -0.25) is 0 Å². The highest BCUT2D eigenvalue weighted by atomic mass is 16.5. The first kappa shape index (κ1) is 18.5. The molecule has 0 radical (unpaired) electrons. The normalized spacial score (nSPS) is 11.4. The van der Waals surface area contributed by atoms with Gasteiger partial charge in [-0.05, 0) is 53.4 Å². The number of nitrogens with zero attached hydrogens (tertiary/aromatic N) is 2. The zero-order valence-electron chi connectivity index (χ0n) is 15.8. The van der Waals surface area contributed by atoms with Crippen LogP contribution >= 0.6 is 0 Å². The monoisotopic (exact) mass is 356 g/mol. The van der Waals surface area contributed by atoms with E-state index >= 15 is 0 Å². The quantitative estimate of drug-likeness (QED) is 0.517. The van der Waals surface area contributed by atoms with Crippen LogP contribution < -0.4 is 9.64 Å². The first-order valence-corrected chi connectivity index (χ1v) is 9.15. The number of hydrogen-bond acceptors (Lipinski definition) is 3. The van der Waals surface area contributed by atoms with Crippen molar-refractivity contribution in [2.75, 3.05) is 11.9 Å². The van der Waals surface area contributed by atoms with Crippen molar-refractivity contribution in [3.05, 3.63) is 90.0 Å². The molecule has 0 saturated heterocycles. The average molecular weight is 356 g/mol. The summed E-state index contributed by atoms with van der Waals surface area (Å²) >= 11 is 0. The first-order chi connectivity index (χ1) is 13.2. The van der Waals surface area contributed by atoms with Gasteiger partial charge in [0.25, 0.3) is 0 Å². The molecule has 0 aliphatic rings. The molecule has 3 rings (SSSR count). The molecule has 3 aromatic carbocycles. The molecular formula is C24H24N2O. The maximum Gasteiger partial charge on any atom is 0.119 e. The van der Waals surface area contributed by atoms with Crippen molar-refractivity contribution in [3.8, 4) is 11.8 Å². The van der Waals surface area contributed by atoms with Gasteiger partial charge in [0.1, 0.15) is 12.4 Å². The van der Waals surface area contributed by atoms with Crippen molar-refractivity contribution in [2.45, 2.75) is 25.9 Å². The van der Waals surface area contributed by atoms with Crippen molar-refractivity contribution in [1.29, 1.82) is 5.26 Å². The summed E-state index contributed by atoms with van der Waals surface area (Å²) in [5.41, 5.74) is 4.56. The minimum atomic E-state index is 0.260. The van der Waals surface area contributed by atoms with Crippen LogP contribution in [0, 0.1) is 11.3 Å². The molecule has 0 saturated carbocycles. The van der Waals surface area contributed by atoms with Gasteiger partial charge >= 0.3 is 0 Å². The minimum absolute atomic E-state index is 0.260. The molecule has 0 spiro atoms. The highest BCUT2D eigenvalue weighted by Crippen LogP contribution is 2.28. The third-order valence-electron chi connectivity index (χ3n) is 4.72. The van der Waals surface area contributed by atoms with E-state index in [4.69, 9.17) is 10.00 Å². The van der Waals surface area contributed by atoms with Gasteiger partial charge in [-0.2, -0.15) is 5.26 Å². The predicted octanol–water partition coefficient (Wildman–Crippen LogP) is 6.05. The van der Waals surface area contributed by atoms with Crippen LogP contribution in [0.25, 0.3) is 0 Å². The van der Waals surface area contributed by atoms with Crippen molar-refractivity contribution in [2.24, 2.45) is 0 Å². The Labute approximate surface area is 161 Å². The van der Waals surface area contributed by atoms with E-state index < -0.39 is 0 Å². The largest absolute Gasteiger partial charge is 0.489 e. The Hall–Kier alpha value is -3.25. The van der Waals surface area contributed by atoms with Crippen LogP contribution in [0.2, 0.25) is 0 Å². The second-order valence-corrected chi connectivity index (χ2v) is 6.68. The molecule has 1 unspecified atom stereocenters. The molecule has 3 nitrogen and oxygen atoms in total. The van der Waals surface area contributed by atoms with Crippen molar-refractivity contribution < 1.29 is 4.74 Å². The molecule has 1 atom stereocenters. The van der Waals surface area contributed by atoms with E-state index in [1.165, 1.54) is 5.56 Å². The second-order valence-electron chi connectivity index (χ2n) is 6.68. The standard InChI is InChI=1S/C24H24N2O/c1-19(16-17-25)21-8-10-22(11-9-21)26(2)23-12-14-24(15-13-23)27-18-20-6-4-3-5-7-20/h3-15,19H,16,18H2,1-2H3. The summed E-state index contributed by atoms with van der Waals surface area (Å²) in [6.07, 6.45) is 0.541. The lowest BCUT2D eigenvalue weighted by atomic mass is 9.98. The summed E-state index contributed by atoms with van der Waals surface area (Å²) in [4.78, 5) is 2.14. The Balaban J connectivity index is 1.63. The molecule has 0 heterocycles. The van der Waals surface area contributed by atoms with E-state index in [0.29, 0.717) is 13.0 Å². The molecule has 0 fully saturated rings. The van der Waals surface area contributed by atoms with Crippen molar-refractivity contribution in [1.82, 2.24) is 0 Å². The molecule has 0 aliphatic heterocycles. The predicted molar refractivity (Wildman–Crippen MR) is 110 cm³/mol. The number of benzene rings is 3. The summed E-state index contributed by atoms with van der Waals surface area (Å²) in [7, 11) is 2.05. The van der Waals surface area contributed by atoms with Crippen molar-refractivity contribution >= 4 is 11.4 Å². The molecule has 27 heavy (non-hydrogen) atoms. The topological polar surface area (TPSA) is 36.3 Å². The summed E-state index contributed by atoms with van der Waals surface area (Å²) in [5.74, 6) is 1.12. The fourth-order valence-electron chi connectivity index (χ4n) is 2.94. The molecule has 0 bridgehead atoms. The highest BCUT2D eigenvalue weighted by molar-refractivity contribution is 5.63. The first-order valence-electron chi connectivity index (χ1n) is 9.15. The molecular weight excluding hydrogens is 332 g/mol. The Morgan fingerprint density at radius 3 is 2.07 bits per heavy atom. The lowest BCUT2D eigenvalue weighted by Gasteiger charge is -2.21. The Morgan fingerprint density at radius 2 is 1.48 bits per heavy atom. The molecule has 0 aliphatic carbocycles. The van der Waals surface area contributed by atoms with Crippen LogP contribution in [0.3, 0.4) is 0 Å². The van der Waals surface area contributed by atoms with E-state index in [-0.39, 0.29) is 5.92 Å². The van der Waals surface area contributed by atoms with Gasteiger partial charge in [0.05, 0.1) is 6.07 Å². The van der Waals surface area contributed by atoms with Crippen LogP contribution in [-0.2, 0) is 6.61 Å². The van der Waals surface area contributed by atoms with Gasteiger partial charge in [-0.15, -0.1) is 0 Å². The Bertz CT molecular complexity index is 880. The van der Waals surface area contributed by atoms with Gasteiger partial charge in [-0.1, -0.05) is 49.4 Å². The van der Waals surface area contributed by atoms with Crippen LogP contribution in [0.15, 0.2) is 78.9 Å². The third kappa shape index (κ3) is 4.89. The second kappa shape index (κ2) is 8.91. The van der Waals surface area contributed by atoms with E-state index in [1.54, 1.807) is 0 Å². The number of hydrogen-bond donors (Lipinski definition) is 0. The van der Waals surface area contributed by atoms with Gasteiger partial charge in [-0.25, -0.2) is 0 Å². The number of rotatable bonds is 7. The smallest absolute Gasteiger partial charge is 0.119 e. The van der Waals surface area contributed by atoms with Crippen molar-refractivity contribution in [3.63, 3.8) is 0 Å².